The highest BCUT2D eigenvalue weighted by Gasteiger charge is 2.04. The number of nitrogens with zero attached hydrogens (tertiary/aromatic N) is 4. The van der Waals surface area contributed by atoms with Crippen molar-refractivity contribution in [3.05, 3.63) is 59.7 Å². The van der Waals surface area contributed by atoms with Gasteiger partial charge in [0, 0.05) is 50.4 Å². The van der Waals surface area contributed by atoms with Gasteiger partial charge in [0.1, 0.15) is 0 Å². The smallest absolute Gasteiger partial charge is 0.240 e. The fourth-order valence-corrected chi connectivity index (χ4v) is 4.29. The minimum atomic E-state index is -0.0778. The van der Waals surface area contributed by atoms with E-state index in [1.165, 1.54) is 11.4 Å². The van der Waals surface area contributed by atoms with Crippen LogP contribution in [-0.2, 0) is 9.59 Å². The Balaban J connectivity index is 1.52. The zero-order valence-electron chi connectivity index (χ0n) is 24.2. The topological polar surface area (TPSA) is 89.4 Å². The van der Waals surface area contributed by atoms with Crippen LogP contribution in [0, 0.1) is 0 Å². The highest BCUT2D eigenvalue weighted by molar-refractivity contribution is 5.83. The third kappa shape index (κ3) is 12.1. The minimum Gasteiger partial charge on any atom is -0.372 e. The molecule has 0 unspecified atom stereocenters. The Hall–Kier alpha value is -3.68. The molecule has 0 saturated carbocycles. The van der Waals surface area contributed by atoms with Gasteiger partial charge < -0.3 is 9.80 Å². The maximum Gasteiger partial charge on any atom is 0.240 e. The van der Waals surface area contributed by atoms with Crippen molar-refractivity contribution < 1.29 is 9.59 Å². The third-order valence-corrected chi connectivity index (χ3v) is 6.66. The summed E-state index contributed by atoms with van der Waals surface area (Å²) in [6.45, 7) is 12.4. The molecule has 0 bridgehead atoms. The summed E-state index contributed by atoms with van der Waals surface area (Å²) >= 11 is 0. The normalized spacial score (nSPS) is 11.2. The van der Waals surface area contributed by atoms with E-state index in [9.17, 15) is 9.59 Å². The summed E-state index contributed by atoms with van der Waals surface area (Å²) in [7, 11) is 0. The average Bonchev–Trinajstić information content (AvgIpc) is 2.95. The third-order valence-electron chi connectivity index (χ3n) is 6.66. The molecule has 0 heterocycles. The number of hydrogen-bond acceptors (Lipinski definition) is 6. The van der Waals surface area contributed by atoms with Gasteiger partial charge in [-0.1, -0.05) is 43.5 Å². The highest BCUT2D eigenvalue weighted by atomic mass is 16.2. The fraction of sp³-hybridized carbons (Fsp3) is 0.484. The van der Waals surface area contributed by atoms with Crippen LogP contribution in [0.25, 0.3) is 0 Å². The van der Waals surface area contributed by atoms with E-state index in [-0.39, 0.29) is 11.8 Å². The zero-order valence-corrected chi connectivity index (χ0v) is 24.2. The average molecular weight is 535 g/mol. The molecule has 2 N–H and O–H groups in total. The van der Waals surface area contributed by atoms with E-state index in [4.69, 9.17) is 0 Å². The Morgan fingerprint density at radius 2 is 0.923 bits per heavy atom. The standard InChI is InChI=1S/C31H46N6O2/c1-5-36(6-2)28-20-16-26(17-21-28)24-32-34-30(38)14-12-10-9-11-13-15-31(39)35-33-25-27-18-22-29(23-19-27)37(7-3)8-4/h16-25H,5-15H2,1-4H3,(H,34,38)(H,35,39)/b32-24-,33-25-. The molecule has 0 saturated heterocycles. The molecule has 0 fully saturated rings. The maximum atomic E-state index is 12.0. The van der Waals surface area contributed by atoms with Crippen molar-refractivity contribution >= 4 is 35.6 Å². The second kappa shape index (κ2) is 18.6. The second-order valence-electron chi connectivity index (χ2n) is 9.38. The summed E-state index contributed by atoms with van der Waals surface area (Å²) in [6, 6.07) is 16.3. The Morgan fingerprint density at radius 1 is 0.590 bits per heavy atom. The Kier molecular flexibility index (Phi) is 15.0. The fourth-order valence-electron chi connectivity index (χ4n) is 4.29. The first-order chi connectivity index (χ1) is 19.0. The van der Waals surface area contributed by atoms with Gasteiger partial charge in [0.05, 0.1) is 12.4 Å². The van der Waals surface area contributed by atoms with Gasteiger partial charge in [-0.3, -0.25) is 9.59 Å². The Labute approximate surface area is 234 Å². The van der Waals surface area contributed by atoms with Crippen molar-refractivity contribution in [3.63, 3.8) is 0 Å². The van der Waals surface area contributed by atoms with Crippen LogP contribution >= 0.6 is 0 Å². The molecule has 0 spiro atoms. The number of hydrazone groups is 2. The van der Waals surface area contributed by atoms with E-state index in [2.05, 4.69) is 82.8 Å². The molecule has 2 aromatic rings. The number of hydrogen-bond donors (Lipinski definition) is 2. The predicted octanol–water partition coefficient (Wildman–Crippen LogP) is 5.71. The molecule has 0 radical (unpaired) electrons. The minimum absolute atomic E-state index is 0.0778. The molecule has 212 valence electrons. The van der Waals surface area contributed by atoms with Crippen LogP contribution in [0.4, 0.5) is 11.4 Å². The lowest BCUT2D eigenvalue weighted by Gasteiger charge is -2.20. The SMILES string of the molecule is CCN(CC)c1ccc(/C=N\NC(=O)CCCCCCCC(=O)N/N=C\c2ccc(N(CC)CC)cc2)cc1. The lowest BCUT2D eigenvalue weighted by Crippen LogP contribution is -2.21. The largest absolute Gasteiger partial charge is 0.372 e. The number of unbranched alkanes of at least 4 members (excludes halogenated alkanes) is 4. The Morgan fingerprint density at radius 3 is 1.26 bits per heavy atom. The first-order valence-corrected chi connectivity index (χ1v) is 14.3. The molecule has 2 aromatic carbocycles. The van der Waals surface area contributed by atoms with Gasteiger partial charge in [0.25, 0.3) is 0 Å². The van der Waals surface area contributed by atoms with Gasteiger partial charge in [-0.15, -0.1) is 0 Å². The van der Waals surface area contributed by atoms with E-state index in [1.54, 1.807) is 12.4 Å². The van der Waals surface area contributed by atoms with Crippen LogP contribution in [0.15, 0.2) is 58.7 Å². The van der Waals surface area contributed by atoms with E-state index < -0.39 is 0 Å². The van der Waals surface area contributed by atoms with Crippen LogP contribution < -0.4 is 20.7 Å². The molecule has 0 aromatic heterocycles. The maximum absolute atomic E-state index is 12.0. The lowest BCUT2D eigenvalue weighted by atomic mass is 10.1. The van der Waals surface area contributed by atoms with E-state index in [0.717, 1.165) is 69.4 Å². The summed E-state index contributed by atoms with van der Waals surface area (Å²) in [5.74, 6) is -0.156. The number of benzene rings is 2. The molecule has 0 atom stereocenters. The number of amides is 2. The van der Waals surface area contributed by atoms with Crippen molar-refractivity contribution in [1.82, 2.24) is 10.9 Å². The van der Waals surface area contributed by atoms with Crippen LogP contribution in [0.3, 0.4) is 0 Å². The van der Waals surface area contributed by atoms with Crippen molar-refractivity contribution in [2.24, 2.45) is 10.2 Å². The molecular formula is C31H46N6O2. The molecule has 39 heavy (non-hydrogen) atoms. The second-order valence-corrected chi connectivity index (χ2v) is 9.38. The molecule has 2 rings (SSSR count). The lowest BCUT2D eigenvalue weighted by molar-refractivity contribution is -0.121. The van der Waals surface area contributed by atoms with E-state index in [0.29, 0.717) is 12.8 Å². The number of carbonyl (C=O) groups excluding carboxylic acids is 2. The number of nitrogens with one attached hydrogen (secondary N) is 2. The van der Waals surface area contributed by atoms with E-state index in [1.807, 2.05) is 24.3 Å². The van der Waals surface area contributed by atoms with Gasteiger partial charge in [0.15, 0.2) is 0 Å². The summed E-state index contributed by atoms with van der Waals surface area (Å²) < 4.78 is 0. The van der Waals surface area contributed by atoms with E-state index >= 15 is 0 Å². The van der Waals surface area contributed by atoms with Crippen molar-refractivity contribution in [2.75, 3.05) is 36.0 Å². The van der Waals surface area contributed by atoms with Gasteiger partial charge in [-0.2, -0.15) is 10.2 Å². The number of rotatable bonds is 18. The number of carbonyl (C=O) groups is 2. The molecule has 8 nitrogen and oxygen atoms in total. The summed E-state index contributed by atoms with van der Waals surface area (Å²) in [4.78, 5) is 28.6. The molecule has 0 aliphatic rings. The summed E-state index contributed by atoms with van der Waals surface area (Å²) in [6.07, 6.45) is 8.75. The van der Waals surface area contributed by atoms with Crippen LogP contribution in [-0.4, -0.2) is 50.4 Å². The zero-order chi connectivity index (χ0) is 28.3. The monoisotopic (exact) mass is 534 g/mol. The van der Waals surface area contributed by atoms with Crippen molar-refractivity contribution in [3.8, 4) is 0 Å². The van der Waals surface area contributed by atoms with Gasteiger partial charge in [0.2, 0.25) is 11.8 Å². The van der Waals surface area contributed by atoms with Crippen LogP contribution in [0.2, 0.25) is 0 Å². The van der Waals surface area contributed by atoms with Crippen LogP contribution in [0.1, 0.15) is 83.8 Å². The summed E-state index contributed by atoms with van der Waals surface area (Å²) in [5, 5.41) is 8.14. The van der Waals surface area contributed by atoms with Gasteiger partial charge in [-0.25, -0.2) is 10.9 Å². The Bertz CT molecular complexity index is 943. The predicted molar refractivity (Wildman–Crippen MR) is 164 cm³/mol. The van der Waals surface area contributed by atoms with Crippen LogP contribution in [0.5, 0.6) is 0 Å². The first kappa shape index (κ1) is 31.5. The molecular weight excluding hydrogens is 488 g/mol. The van der Waals surface area contributed by atoms with Gasteiger partial charge in [-0.05, 0) is 75.9 Å². The van der Waals surface area contributed by atoms with Crippen molar-refractivity contribution in [2.45, 2.75) is 72.6 Å². The first-order valence-electron chi connectivity index (χ1n) is 14.3. The molecule has 0 aliphatic heterocycles. The number of anilines is 2. The van der Waals surface area contributed by atoms with Crippen molar-refractivity contribution in [1.29, 1.82) is 0 Å². The molecule has 0 aliphatic carbocycles. The molecule has 2 amide bonds. The summed E-state index contributed by atoms with van der Waals surface area (Å²) in [5.41, 5.74) is 9.47. The van der Waals surface area contributed by atoms with Gasteiger partial charge >= 0.3 is 0 Å². The quantitative estimate of drug-likeness (QED) is 0.146. The highest BCUT2D eigenvalue weighted by Crippen LogP contribution is 2.15. The molecule has 8 heteroatoms.